The molecule has 4 aromatic rings. The van der Waals surface area contributed by atoms with Crippen molar-refractivity contribution in [3.8, 4) is 5.82 Å². The molecule has 0 saturated carbocycles. The van der Waals surface area contributed by atoms with Crippen molar-refractivity contribution in [3.05, 3.63) is 65.6 Å². The number of nitrogens with zero attached hydrogens (tertiary/aromatic N) is 5. The highest BCUT2D eigenvalue weighted by molar-refractivity contribution is 6.06. The van der Waals surface area contributed by atoms with Gasteiger partial charge in [-0.05, 0) is 26.0 Å². The molecule has 0 aliphatic carbocycles. The zero-order valence-corrected chi connectivity index (χ0v) is 14.3. The molecule has 0 atom stereocenters. The molecule has 0 aliphatic rings. The molecule has 8 heteroatoms. The van der Waals surface area contributed by atoms with Crippen LogP contribution in [0.1, 0.15) is 27.3 Å². The molecule has 4 heterocycles. The first kappa shape index (κ1) is 15.9. The molecule has 0 spiro atoms. The summed E-state index contributed by atoms with van der Waals surface area (Å²) in [6.45, 7) is 3.93. The Morgan fingerprint density at radius 2 is 2.19 bits per heavy atom. The zero-order valence-electron chi connectivity index (χ0n) is 14.3. The van der Waals surface area contributed by atoms with E-state index < -0.39 is 0 Å². The summed E-state index contributed by atoms with van der Waals surface area (Å²) in [7, 11) is 0. The smallest absolute Gasteiger partial charge is 0.258 e. The number of aryl methyl sites for hydroxylation is 2. The van der Waals surface area contributed by atoms with Crippen molar-refractivity contribution in [2.24, 2.45) is 0 Å². The highest BCUT2D eigenvalue weighted by Crippen LogP contribution is 2.22. The Labute approximate surface area is 148 Å². The SMILES string of the molecule is Cc1cc(C(=O)NCc2cccnc2-n2ccnc2)c2c(C)noc2n1. The minimum Gasteiger partial charge on any atom is -0.348 e. The molecule has 0 saturated heterocycles. The monoisotopic (exact) mass is 348 g/mol. The van der Waals surface area contributed by atoms with Crippen molar-refractivity contribution < 1.29 is 9.32 Å². The zero-order chi connectivity index (χ0) is 18.1. The van der Waals surface area contributed by atoms with Gasteiger partial charge in [0.2, 0.25) is 0 Å². The first-order chi connectivity index (χ1) is 12.6. The molecule has 26 heavy (non-hydrogen) atoms. The third kappa shape index (κ3) is 2.81. The molecule has 0 unspecified atom stereocenters. The van der Waals surface area contributed by atoms with Crippen molar-refractivity contribution in [2.75, 3.05) is 0 Å². The maximum absolute atomic E-state index is 12.8. The van der Waals surface area contributed by atoms with Crippen molar-refractivity contribution in [1.29, 1.82) is 0 Å². The highest BCUT2D eigenvalue weighted by atomic mass is 16.5. The third-order valence-electron chi connectivity index (χ3n) is 4.05. The number of hydrogen-bond donors (Lipinski definition) is 1. The minimum absolute atomic E-state index is 0.216. The fourth-order valence-electron chi connectivity index (χ4n) is 2.85. The van der Waals surface area contributed by atoms with Crippen LogP contribution in [0.5, 0.6) is 0 Å². The Balaban J connectivity index is 1.62. The number of aromatic nitrogens is 5. The molecule has 130 valence electrons. The number of carbonyl (C=O) groups excluding carboxylic acids is 1. The fourth-order valence-corrected chi connectivity index (χ4v) is 2.85. The third-order valence-corrected chi connectivity index (χ3v) is 4.05. The molecular weight excluding hydrogens is 332 g/mol. The second-order valence-corrected chi connectivity index (χ2v) is 5.90. The lowest BCUT2D eigenvalue weighted by Gasteiger charge is -2.11. The number of amides is 1. The standard InChI is InChI=1S/C18H16N6O2/c1-11-8-14(15-12(2)23-26-18(15)22-11)17(25)21-9-13-4-3-5-20-16(13)24-7-6-19-10-24/h3-8,10H,9H2,1-2H3,(H,21,25). The van der Waals surface area contributed by atoms with E-state index in [0.29, 0.717) is 34.6 Å². The Morgan fingerprint density at radius 1 is 1.31 bits per heavy atom. The number of hydrogen-bond acceptors (Lipinski definition) is 6. The van der Waals surface area contributed by atoms with Crippen LogP contribution in [0.3, 0.4) is 0 Å². The average Bonchev–Trinajstić information content (AvgIpc) is 3.30. The topological polar surface area (TPSA) is 98.7 Å². The lowest BCUT2D eigenvalue weighted by Crippen LogP contribution is -2.24. The number of fused-ring (bicyclic) bond motifs is 1. The molecule has 8 nitrogen and oxygen atoms in total. The van der Waals surface area contributed by atoms with Crippen LogP contribution in [0.15, 0.2) is 47.6 Å². The quantitative estimate of drug-likeness (QED) is 0.608. The van der Waals surface area contributed by atoms with Gasteiger partial charge in [0.05, 0.1) is 16.6 Å². The number of nitrogens with one attached hydrogen (secondary N) is 1. The Morgan fingerprint density at radius 3 is 3.00 bits per heavy atom. The van der Waals surface area contributed by atoms with Crippen LogP contribution in [0.25, 0.3) is 16.9 Å². The summed E-state index contributed by atoms with van der Waals surface area (Å²) in [5.74, 6) is 0.509. The van der Waals surface area contributed by atoms with E-state index in [1.807, 2.05) is 25.3 Å². The summed E-state index contributed by atoms with van der Waals surface area (Å²) in [5, 5.41) is 7.49. The summed E-state index contributed by atoms with van der Waals surface area (Å²) in [6, 6.07) is 5.49. The van der Waals surface area contributed by atoms with Crippen molar-refractivity contribution in [2.45, 2.75) is 20.4 Å². The molecule has 0 bridgehead atoms. The van der Waals surface area contributed by atoms with E-state index >= 15 is 0 Å². The molecule has 0 radical (unpaired) electrons. The molecule has 0 fully saturated rings. The van der Waals surface area contributed by atoms with Gasteiger partial charge in [-0.1, -0.05) is 11.2 Å². The minimum atomic E-state index is -0.216. The predicted molar refractivity (Wildman–Crippen MR) is 93.8 cm³/mol. The predicted octanol–water partition coefficient (Wildman–Crippen LogP) is 2.35. The summed E-state index contributed by atoms with van der Waals surface area (Å²) < 4.78 is 7.00. The first-order valence-electron chi connectivity index (χ1n) is 8.07. The Kier molecular flexibility index (Phi) is 3.92. The van der Waals surface area contributed by atoms with Crippen molar-refractivity contribution in [3.63, 3.8) is 0 Å². The van der Waals surface area contributed by atoms with Crippen molar-refractivity contribution >= 4 is 17.0 Å². The Hall–Kier alpha value is -3.55. The number of pyridine rings is 2. The maximum atomic E-state index is 12.8. The van der Waals surface area contributed by atoms with Gasteiger partial charge in [-0.15, -0.1) is 0 Å². The maximum Gasteiger partial charge on any atom is 0.258 e. The summed E-state index contributed by atoms with van der Waals surface area (Å²) >= 11 is 0. The fraction of sp³-hybridized carbons (Fsp3) is 0.167. The largest absolute Gasteiger partial charge is 0.348 e. The lowest BCUT2D eigenvalue weighted by atomic mass is 10.1. The Bertz CT molecular complexity index is 1080. The van der Waals surface area contributed by atoms with E-state index in [1.54, 1.807) is 36.3 Å². The van der Waals surface area contributed by atoms with Crippen LogP contribution >= 0.6 is 0 Å². The van der Waals surface area contributed by atoms with Gasteiger partial charge in [-0.2, -0.15) is 0 Å². The number of carbonyl (C=O) groups is 1. The van der Waals surface area contributed by atoms with Crippen LogP contribution in [0.4, 0.5) is 0 Å². The van der Waals surface area contributed by atoms with Gasteiger partial charge in [0.25, 0.3) is 11.6 Å². The molecule has 0 aliphatic heterocycles. The number of imidazole rings is 1. The van der Waals surface area contributed by atoms with Gasteiger partial charge in [-0.3, -0.25) is 9.36 Å². The normalized spacial score (nSPS) is 11.0. The van der Waals surface area contributed by atoms with Crippen LogP contribution in [0, 0.1) is 13.8 Å². The van der Waals surface area contributed by atoms with E-state index in [4.69, 9.17) is 4.52 Å². The van der Waals surface area contributed by atoms with Crippen LogP contribution < -0.4 is 5.32 Å². The van der Waals surface area contributed by atoms with Gasteiger partial charge < -0.3 is 9.84 Å². The molecule has 1 amide bonds. The molecular formula is C18H16N6O2. The molecule has 4 aromatic heterocycles. The molecule has 4 rings (SSSR count). The second kappa shape index (κ2) is 6.40. The van der Waals surface area contributed by atoms with Crippen LogP contribution in [-0.2, 0) is 6.54 Å². The summed E-state index contributed by atoms with van der Waals surface area (Å²) in [5.41, 5.74) is 3.08. The highest BCUT2D eigenvalue weighted by Gasteiger charge is 2.18. The molecule has 1 N–H and O–H groups in total. The van der Waals surface area contributed by atoms with E-state index in [2.05, 4.69) is 25.4 Å². The average molecular weight is 348 g/mol. The van der Waals surface area contributed by atoms with Gasteiger partial charge >= 0.3 is 0 Å². The van der Waals surface area contributed by atoms with Gasteiger partial charge in [0.1, 0.15) is 12.1 Å². The van der Waals surface area contributed by atoms with Gasteiger partial charge in [0, 0.05) is 36.4 Å². The van der Waals surface area contributed by atoms with E-state index in [-0.39, 0.29) is 5.91 Å². The van der Waals surface area contributed by atoms with Crippen molar-refractivity contribution in [1.82, 2.24) is 30.0 Å². The first-order valence-corrected chi connectivity index (χ1v) is 8.07. The summed E-state index contributed by atoms with van der Waals surface area (Å²) in [4.78, 5) is 25.5. The number of rotatable bonds is 4. The van der Waals surface area contributed by atoms with E-state index in [1.165, 1.54) is 0 Å². The van der Waals surface area contributed by atoms with Gasteiger partial charge in [-0.25, -0.2) is 15.0 Å². The van der Waals surface area contributed by atoms with E-state index in [0.717, 1.165) is 11.4 Å². The molecule has 0 aromatic carbocycles. The summed E-state index contributed by atoms with van der Waals surface area (Å²) in [6.07, 6.45) is 6.87. The van der Waals surface area contributed by atoms with Crippen LogP contribution in [0.2, 0.25) is 0 Å². The van der Waals surface area contributed by atoms with Crippen LogP contribution in [-0.4, -0.2) is 30.6 Å². The van der Waals surface area contributed by atoms with E-state index in [9.17, 15) is 4.79 Å². The van der Waals surface area contributed by atoms with Gasteiger partial charge in [0.15, 0.2) is 0 Å². The second-order valence-electron chi connectivity index (χ2n) is 5.90. The lowest BCUT2D eigenvalue weighted by molar-refractivity contribution is 0.0952.